The first-order chi connectivity index (χ1) is 16.4. The molecule has 0 bridgehead atoms. The van der Waals surface area contributed by atoms with Gasteiger partial charge in [-0.25, -0.2) is 0 Å². The number of carbonyl (C=O) groups is 1. The highest BCUT2D eigenvalue weighted by molar-refractivity contribution is 6.11. The third-order valence-electron chi connectivity index (χ3n) is 5.92. The summed E-state index contributed by atoms with van der Waals surface area (Å²) in [7, 11) is 2.14. The van der Waals surface area contributed by atoms with Crippen LogP contribution < -0.4 is 11.1 Å². The quantitative estimate of drug-likeness (QED) is 0.370. The highest BCUT2D eigenvalue weighted by atomic mass is 16.1. The van der Waals surface area contributed by atoms with Crippen molar-refractivity contribution >= 4 is 34.8 Å². The summed E-state index contributed by atoms with van der Waals surface area (Å²) in [4.78, 5) is 25.9. The summed E-state index contributed by atoms with van der Waals surface area (Å²) in [5.41, 5.74) is 11.0. The van der Waals surface area contributed by atoms with E-state index in [1.807, 2.05) is 43.3 Å². The van der Waals surface area contributed by atoms with Crippen LogP contribution in [0.5, 0.6) is 0 Å². The number of nitrogens with two attached hydrogens (primary N) is 1. The maximum Gasteiger partial charge on any atom is 0.276 e. The molecule has 3 aromatic rings. The van der Waals surface area contributed by atoms with E-state index in [0.29, 0.717) is 17.1 Å². The monoisotopic (exact) mass is 458 g/mol. The van der Waals surface area contributed by atoms with Crippen LogP contribution >= 0.6 is 0 Å². The molecule has 176 valence electrons. The molecule has 0 spiro atoms. The van der Waals surface area contributed by atoms with Gasteiger partial charge in [0.2, 0.25) is 0 Å². The first kappa shape index (κ1) is 23.3. The lowest BCUT2D eigenvalue weighted by Gasteiger charge is -2.32. The number of carbonyl (C=O) groups excluding carboxylic acids is 1. The van der Waals surface area contributed by atoms with Gasteiger partial charge in [-0.3, -0.25) is 24.8 Å². The predicted molar refractivity (Wildman–Crippen MR) is 137 cm³/mol. The van der Waals surface area contributed by atoms with Gasteiger partial charge < -0.3 is 16.0 Å². The molecule has 1 aromatic carbocycles. The van der Waals surface area contributed by atoms with Crippen LogP contribution in [-0.4, -0.2) is 70.8 Å². The summed E-state index contributed by atoms with van der Waals surface area (Å²) >= 11 is 0. The molecule has 0 saturated carbocycles. The Hall–Kier alpha value is -3.82. The zero-order valence-electron chi connectivity index (χ0n) is 19.6. The van der Waals surface area contributed by atoms with Gasteiger partial charge in [0.25, 0.3) is 5.91 Å². The van der Waals surface area contributed by atoms with E-state index in [-0.39, 0.29) is 5.91 Å². The fourth-order valence-corrected chi connectivity index (χ4v) is 3.93. The van der Waals surface area contributed by atoms with Gasteiger partial charge >= 0.3 is 0 Å². The van der Waals surface area contributed by atoms with Gasteiger partial charge in [0.15, 0.2) is 5.69 Å². The number of rotatable bonds is 7. The van der Waals surface area contributed by atoms with Gasteiger partial charge in [0, 0.05) is 44.3 Å². The number of nitrogens with one attached hydrogen (secondary N) is 2. The van der Waals surface area contributed by atoms with Crippen molar-refractivity contribution < 1.29 is 4.79 Å². The average molecular weight is 459 g/mol. The third kappa shape index (κ3) is 5.56. The second-order valence-electron chi connectivity index (χ2n) is 8.54. The molecule has 4 N–H and O–H groups in total. The molecule has 3 heterocycles. The maximum atomic E-state index is 13.0. The smallest absolute Gasteiger partial charge is 0.276 e. The fraction of sp³-hybridized carbons (Fsp3) is 0.280. The predicted octanol–water partition coefficient (Wildman–Crippen LogP) is 2.86. The number of benzene rings is 1. The van der Waals surface area contributed by atoms with Gasteiger partial charge in [-0.2, -0.15) is 5.10 Å². The van der Waals surface area contributed by atoms with Crippen LogP contribution in [0.25, 0.3) is 16.5 Å². The van der Waals surface area contributed by atoms with Gasteiger partial charge in [-0.1, -0.05) is 6.07 Å². The summed E-state index contributed by atoms with van der Waals surface area (Å²) in [6.07, 6.45) is 4.99. The second-order valence-corrected chi connectivity index (χ2v) is 8.54. The molecule has 0 radical (unpaired) electrons. The number of aromatic amines is 1. The average Bonchev–Trinajstić information content (AvgIpc) is 3.25. The summed E-state index contributed by atoms with van der Waals surface area (Å²) in [5, 5.41) is 10.8. The minimum absolute atomic E-state index is 0.297. The first-order valence-corrected chi connectivity index (χ1v) is 11.2. The van der Waals surface area contributed by atoms with E-state index in [1.54, 1.807) is 6.20 Å². The highest BCUT2D eigenvalue weighted by Gasteiger charge is 2.17. The number of allylic oxidation sites excluding steroid dienone is 2. The number of aromatic nitrogens is 3. The second kappa shape index (κ2) is 10.4. The molecule has 1 aliphatic heterocycles. The topological polar surface area (TPSA) is 116 Å². The fourth-order valence-electron chi connectivity index (χ4n) is 3.93. The van der Waals surface area contributed by atoms with E-state index in [1.165, 1.54) is 6.20 Å². The zero-order valence-corrected chi connectivity index (χ0v) is 19.6. The van der Waals surface area contributed by atoms with Crippen LogP contribution in [0.15, 0.2) is 59.5 Å². The molecule has 2 aromatic heterocycles. The molecule has 4 rings (SSSR count). The van der Waals surface area contributed by atoms with Crippen molar-refractivity contribution in [3.63, 3.8) is 0 Å². The van der Waals surface area contributed by atoms with Crippen LogP contribution in [-0.2, 0) is 6.54 Å². The Morgan fingerprint density at radius 3 is 2.76 bits per heavy atom. The molecular weight excluding hydrogens is 428 g/mol. The minimum atomic E-state index is -0.297. The molecule has 0 aliphatic carbocycles. The van der Waals surface area contributed by atoms with E-state index in [9.17, 15) is 4.79 Å². The number of fused-ring (bicyclic) bond motifs is 1. The molecule has 1 aliphatic rings. The molecule has 0 atom stereocenters. The molecule has 1 fully saturated rings. The number of hydrogen-bond donors (Lipinski definition) is 3. The number of piperazine rings is 1. The molecule has 1 amide bonds. The number of anilines is 1. The van der Waals surface area contributed by atoms with Crippen LogP contribution in [0.1, 0.15) is 28.7 Å². The van der Waals surface area contributed by atoms with E-state index >= 15 is 0 Å². The van der Waals surface area contributed by atoms with Crippen LogP contribution in [0.2, 0.25) is 0 Å². The van der Waals surface area contributed by atoms with Crippen molar-refractivity contribution in [2.45, 2.75) is 13.5 Å². The van der Waals surface area contributed by atoms with E-state index in [0.717, 1.165) is 60.5 Å². The number of nitrogens with zero attached hydrogens (tertiary/aromatic N) is 5. The number of amides is 1. The number of H-pyrrole nitrogens is 1. The van der Waals surface area contributed by atoms with Crippen molar-refractivity contribution in [2.24, 2.45) is 10.7 Å². The summed E-state index contributed by atoms with van der Waals surface area (Å²) in [6.45, 7) is 10.4. The van der Waals surface area contributed by atoms with Crippen molar-refractivity contribution in [3.8, 4) is 0 Å². The maximum absolute atomic E-state index is 13.0. The Bertz CT molecular complexity index is 1230. The van der Waals surface area contributed by atoms with E-state index < -0.39 is 0 Å². The van der Waals surface area contributed by atoms with Gasteiger partial charge in [0.1, 0.15) is 0 Å². The van der Waals surface area contributed by atoms with Gasteiger partial charge in [-0.05, 0) is 62.2 Å². The Morgan fingerprint density at radius 2 is 2.06 bits per heavy atom. The number of aliphatic imine (C=N–C) groups is 1. The van der Waals surface area contributed by atoms with Crippen molar-refractivity contribution in [2.75, 3.05) is 38.5 Å². The highest BCUT2D eigenvalue weighted by Crippen LogP contribution is 2.23. The largest absolute Gasteiger partial charge is 0.397 e. The lowest BCUT2D eigenvalue weighted by atomic mass is 10.0. The summed E-state index contributed by atoms with van der Waals surface area (Å²) < 4.78 is 0. The minimum Gasteiger partial charge on any atom is -0.397 e. The summed E-state index contributed by atoms with van der Waals surface area (Å²) in [6, 6.07) is 9.61. The zero-order chi connectivity index (χ0) is 24.1. The lowest BCUT2D eigenvalue weighted by molar-refractivity contribution is 0.102. The molecule has 34 heavy (non-hydrogen) atoms. The molecular formula is C25H30N8O. The Balaban J connectivity index is 1.46. The first-order valence-electron chi connectivity index (χ1n) is 11.2. The number of hydrogen-bond acceptors (Lipinski definition) is 7. The SMILES string of the molecule is C=N/C=C(N)\C=C(/C)c1ccc2[nH]nc(C(=O)Nc3ccc(CN4CCN(C)CC4)nc3)c2c1. The van der Waals surface area contributed by atoms with E-state index in [4.69, 9.17) is 5.73 Å². The molecule has 1 saturated heterocycles. The molecule has 9 heteroatoms. The van der Waals surface area contributed by atoms with Gasteiger partial charge in [0.05, 0.1) is 28.8 Å². The Labute approximate surface area is 199 Å². The van der Waals surface area contributed by atoms with Crippen LogP contribution in [0.3, 0.4) is 0 Å². The van der Waals surface area contributed by atoms with Gasteiger partial charge in [-0.15, -0.1) is 0 Å². The van der Waals surface area contributed by atoms with Crippen molar-refractivity contribution in [1.29, 1.82) is 0 Å². The van der Waals surface area contributed by atoms with Crippen LogP contribution in [0.4, 0.5) is 5.69 Å². The Kier molecular flexibility index (Phi) is 7.15. The van der Waals surface area contributed by atoms with Crippen molar-refractivity contribution in [1.82, 2.24) is 25.0 Å². The summed E-state index contributed by atoms with van der Waals surface area (Å²) in [5.74, 6) is -0.297. The molecule has 9 nitrogen and oxygen atoms in total. The standard InChI is InChI=1S/C25H30N8O/c1-17(12-19(26)14-27-2)18-4-7-23-22(13-18)24(31-30-23)25(34)29-20-5-6-21(28-15-20)16-33-10-8-32(3)9-11-33/h4-7,12-15H,2,8-11,16,26H2,1,3H3,(H,29,34)(H,30,31)/b17-12+,19-14+. The van der Waals surface area contributed by atoms with Crippen LogP contribution in [0, 0.1) is 0 Å². The normalized spacial score (nSPS) is 16.1. The lowest BCUT2D eigenvalue weighted by Crippen LogP contribution is -2.43. The van der Waals surface area contributed by atoms with Crippen molar-refractivity contribution in [3.05, 3.63) is 71.5 Å². The third-order valence-corrected chi connectivity index (χ3v) is 5.92. The van der Waals surface area contributed by atoms with E-state index in [2.05, 4.69) is 49.1 Å². The number of likely N-dealkylation sites (N-methyl/N-ethyl adjacent to an activating group) is 1. The number of pyridine rings is 1. The Morgan fingerprint density at radius 1 is 1.26 bits per heavy atom. The molecule has 0 unspecified atom stereocenters.